The molecule has 30 heavy (non-hydrogen) atoms. The normalized spacial score (nSPS) is 24.1. The zero-order valence-electron chi connectivity index (χ0n) is 17.4. The Labute approximate surface area is 181 Å². The van der Waals surface area contributed by atoms with Crippen molar-refractivity contribution in [3.63, 3.8) is 0 Å². The number of carbonyl (C=O) groups excluding carboxylic acids is 3. The molecule has 8 heteroatoms. The van der Waals surface area contributed by atoms with Crippen LogP contribution in [0.5, 0.6) is 0 Å². The number of esters is 1. The van der Waals surface area contributed by atoms with Crippen LogP contribution in [0, 0.1) is 0 Å². The van der Waals surface area contributed by atoms with Crippen molar-refractivity contribution in [3.05, 3.63) is 35.9 Å². The molecular formula is C22H29N3O4S. The van der Waals surface area contributed by atoms with Crippen LogP contribution >= 0.6 is 11.8 Å². The van der Waals surface area contributed by atoms with E-state index in [9.17, 15) is 14.4 Å². The summed E-state index contributed by atoms with van der Waals surface area (Å²) in [7, 11) is 1.27. The van der Waals surface area contributed by atoms with Crippen LogP contribution < -0.4 is 0 Å². The fraction of sp³-hybridized carbons (Fsp3) is 0.591. The third-order valence-electron chi connectivity index (χ3n) is 6.65. The third-order valence-corrected chi connectivity index (χ3v) is 7.80. The Morgan fingerprint density at radius 1 is 1.20 bits per heavy atom. The molecule has 1 spiro atoms. The fourth-order valence-electron chi connectivity index (χ4n) is 4.86. The summed E-state index contributed by atoms with van der Waals surface area (Å²) in [4.78, 5) is 43.8. The van der Waals surface area contributed by atoms with Gasteiger partial charge in [0.1, 0.15) is 12.1 Å². The maximum absolute atomic E-state index is 13.4. The van der Waals surface area contributed by atoms with Crippen LogP contribution in [0.4, 0.5) is 4.79 Å². The van der Waals surface area contributed by atoms with Gasteiger partial charge in [-0.05, 0) is 37.0 Å². The Kier molecular flexibility index (Phi) is 6.34. The van der Waals surface area contributed by atoms with E-state index in [4.69, 9.17) is 4.74 Å². The Morgan fingerprint density at radius 2 is 1.93 bits per heavy atom. The molecule has 0 N–H and O–H groups in total. The summed E-state index contributed by atoms with van der Waals surface area (Å²) >= 11 is 1.98. The molecule has 7 nitrogen and oxygen atoms in total. The second-order valence-electron chi connectivity index (χ2n) is 8.22. The van der Waals surface area contributed by atoms with E-state index >= 15 is 0 Å². The molecule has 0 aliphatic carbocycles. The van der Waals surface area contributed by atoms with E-state index < -0.39 is 11.5 Å². The van der Waals surface area contributed by atoms with Gasteiger partial charge >= 0.3 is 12.0 Å². The van der Waals surface area contributed by atoms with Crippen LogP contribution in [0.15, 0.2) is 30.3 Å². The lowest BCUT2D eigenvalue weighted by atomic mass is 9.85. The van der Waals surface area contributed by atoms with Crippen LogP contribution in [-0.2, 0) is 20.7 Å². The number of ether oxygens (including phenoxy) is 1. The summed E-state index contributed by atoms with van der Waals surface area (Å²) < 4.78 is 4.72. The van der Waals surface area contributed by atoms with Crippen molar-refractivity contribution in [1.29, 1.82) is 0 Å². The monoisotopic (exact) mass is 431 g/mol. The number of imide groups is 1. The summed E-state index contributed by atoms with van der Waals surface area (Å²) in [5, 5.41) is 0. The summed E-state index contributed by atoms with van der Waals surface area (Å²) in [6, 6.07) is 10.2. The van der Waals surface area contributed by atoms with Crippen molar-refractivity contribution in [2.24, 2.45) is 0 Å². The molecule has 1 aromatic rings. The molecule has 3 saturated heterocycles. The van der Waals surface area contributed by atoms with E-state index in [-0.39, 0.29) is 18.5 Å². The lowest BCUT2D eigenvalue weighted by Crippen LogP contribution is -2.58. The number of benzene rings is 1. The number of amides is 3. The highest BCUT2D eigenvalue weighted by Gasteiger charge is 2.58. The zero-order valence-corrected chi connectivity index (χ0v) is 18.2. The number of methoxy groups -OCH3 is 1. The summed E-state index contributed by atoms with van der Waals surface area (Å²) in [5.74, 6) is 1.52. The first-order chi connectivity index (χ1) is 14.5. The van der Waals surface area contributed by atoms with E-state index in [0.717, 1.165) is 29.3 Å². The van der Waals surface area contributed by atoms with Crippen molar-refractivity contribution in [1.82, 2.24) is 14.7 Å². The Bertz CT molecular complexity index is 789. The van der Waals surface area contributed by atoms with Crippen molar-refractivity contribution in [2.45, 2.75) is 37.3 Å². The van der Waals surface area contributed by atoms with Gasteiger partial charge < -0.3 is 9.64 Å². The lowest BCUT2D eigenvalue weighted by molar-refractivity contribution is -0.146. The van der Waals surface area contributed by atoms with Gasteiger partial charge in [0, 0.05) is 31.4 Å². The molecule has 3 aliphatic heterocycles. The molecule has 3 heterocycles. The highest BCUT2D eigenvalue weighted by molar-refractivity contribution is 7.99. The van der Waals surface area contributed by atoms with E-state index in [1.807, 2.05) is 42.1 Å². The quantitative estimate of drug-likeness (QED) is 0.507. The van der Waals surface area contributed by atoms with Gasteiger partial charge in [-0.3, -0.25) is 19.4 Å². The van der Waals surface area contributed by atoms with Crippen LogP contribution in [0.1, 0.15) is 24.8 Å². The largest absolute Gasteiger partial charge is 0.468 e. The minimum Gasteiger partial charge on any atom is -0.468 e. The number of thioether (sulfide) groups is 1. The number of urea groups is 1. The van der Waals surface area contributed by atoms with Gasteiger partial charge in [-0.1, -0.05) is 30.3 Å². The average Bonchev–Trinajstić information content (AvgIpc) is 3.37. The van der Waals surface area contributed by atoms with Gasteiger partial charge in [-0.2, -0.15) is 11.8 Å². The van der Waals surface area contributed by atoms with Gasteiger partial charge in [0.25, 0.3) is 5.91 Å². The highest BCUT2D eigenvalue weighted by Crippen LogP contribution is 2.39. The maximum atomic E-state index is 13.4. The van der Waals surface area contributed by atoms with Crippen LogP contribution in [0.2, 0.25) is 0 Å². The highest BCUT2D eigenvalue weighted by atomic mass is 32.2. The van der Waals surface area contributed by atoms with Crippen molar-refractivity contribution < 1.29 is 19.1 Å². The Balaban J connectivity index is 1.53. The second-order valence-corrected chi connectivity index (χ2v) is 9.37. The molecule has 1 atom stereocenters. The lowest BCUT2D eigenvalue weighted by Gasteiger charge is -2.44. The van der Waals surface area contributed by atoms with E-state index in [0.29, 0.717) is 31.8 Å². The maximum Gasteiger partial charge on any atom is 0.328 e. The number of nitrogens with zero attached hydrogens (tertiary/aromatic N) is 3. The number of hydrogen-bond donors (Lipinski definition) is 0. The summed E-state index contributed by atoms with van der Waals surface area (Å²) in [5.41, 5.74) is 0.280. The van der Waals surface area contributed by atoms with E-state index in [2.05, 4.69) is 4.90 Å². The third kappa shape index (κ3) is 3.95. The first-order valence-electron chi connectivity index (χ1n) is 10.6. The molecule has 0 radical (unpaired) electrons. The molecule has 4 rings (SSSR count). The van der Waals surface area contributed by atoms with Gasteiger partial charge in [0.15, 0.2) is 0 Å². The Morgan fingerprint density at radius 3 is 2.57 bits per heavy atom. The van der Waals surface area contributed by atoms with Crippen molar-refractivity contribution >= 4 is 29.7 Å². The predicted molar refractivity (Wildman–Crippen MR) is 115 cm³/mol. The molecule has 3 fully saturated rings. The Hall–Kier alpha value is -2.06. The minimum atomic E-state index is -0.845. The minimum absolute atomic E-state index is 0.244. The molecular weight excluding hydrogens is 402 g/mol. The van der Waals surface area contributed by atoms with Crippen LogP contribution in [0.25, 0.3) is 0 Å². The number of likely N-dealkylation sites (tertiary alicyclic amines) is 1. The second kappa shape index (κ2) is 8.98. The molecule has 3 amide bonds. The number of hydrogen-bond acceptors (Lipinski definition) is 6. The van der Waals surface area contributed by atoms with Crippen molar-refractivity contribution in [3.8, 4) is 0 Å². The number of carbonyl (C=O) groups is 3. The van der Waals surface area contributed by atoms with Crippen LogP contribution in [0.3, 0.4) is 0 Å². The van der Waals surface area contributed by atoms with E-state index in [1.165, 1.54) is 19.3 Å². The van der Waals surface area contributed by atoms with E-state index in [1.54, 1.807) is 4.90 Å². The molecule has 1 aromatic carbocycles. The van der Waals surface area contributed by atoms with Gasteiger partial charge in [-0.25, -0.2) is 4.79 Å². The fourth-order valence-corrected chi connectivity index (χ4v) is 6.12. The molecule has 0 aromatic heterocycles. The van der Waals surface area contributed by atoms with Crippen LogP contribution in [-0.4, -0.2) is 89.0 Å². The topological polar surface area (TPSA) is 70.2 Å². The van der Waals surface area contributed by atoms with Crippen molar-refractivity contribution in [2.75, 3.05) is 44.8 Å². The number of rotatable bonds is 6. The molecule has 0 unspecified atom stereocenters. The summed E-state index contributed by atoms with van der Waals surface area (Å²) in [6.45, 7) is 1.75. The summed E-state index contributed by atoms with van der Waals surface area (Å²) in [6.07, 6.45) is 3.10. The first kappa shape index (κ1) is 21.2. The first-order valence-corrected chi connectivity index (χ1v) is 11.8. The average molecular weight is 432 g/mol. The molecule has 3 aliphatic rings. The van der Waals surface area contributed by atoms with Gasteiger partial charge in [0.2, 0.25) is 0 Å². The van der Waals surface area contributed by atoms with Gasteiger partial charge in [0.05, 0.1) is 7.11 Å². The number of piperidine rings is 1. The SMILES string of the molecule is COC(=O)CN1C(=O)N(CCc2ccccc2)C2(CCN([C@@H]3CCSC3)CC2)C1=O. The molecule has 0 saturated carbocycles. The standard InChI is InChI=1S/C22H29N3O4S/c1-29-19(26)15-24-20(27)22(9-12-23(13-10-22)18-8-14-30-16-18)25(21(24)28)11-7-17-5-3-2-4-6-17/h2-6,18H,7-16H2,1H3/t18-/m1/s1. The molecule has 162 valence electrons. The molecule has 0 bridgehead atoms. The zero-order chi connectivity index (χ0) is 21.1. The van der Waals surface area contributed by atoms with Gasteiger partial charge in [-0.15, -0.1) is 0 Å². The smallest absolute Gasteiger partial charge is 0.328 e. The predicted octanol–water partition coefficient (Wildman–Crippen LogP) is 2.01.